The van der Waals surface area contributed by atoms with E-state index < -0.39 is 6.10 Å². The van der Waals surface area contributed by atoms with Gasteiger partial charge < -0.3 is 9.84 Å². The Kier molecular flexibility index (Phi) is 6.20. The van der Waals surface area contributed by atoms with Gasteiger partial charge in [-0.1, -0.05) is 60.7 Å². The summed E-state index contributed by atoms with van der Waals surface area (Å²) in [6, 6.07) is 19.5. The fourth-order valence-electron chi connectivity index (χ4n) is 3.32. The normalized spacial score (nSPS) is 17.2. The summed E-state index contributed by atoms with van der Waals surface area (Å²) in [5.74, 6) is 0.0601. The number of carbonyl (C=O) groups excluding carboxylic acids is 1. The van der Waals surface area contributed by atoms with Crippen LogP contribution >= 0.6 is 0 Å². The highest BCUT2D eigenvalue weighted by Gasteiger charge is 2.27. The molecule has 1 unspecified atom stereocenters. The van der Waals surface area contributed by atoms with E-state index in [0.717, 1.165) is 37.1 Å². The predicted molar refractivity (Wildman–Crippen MR) is 96.8 cm³/mol. The lowest BCUT2D eigenvalue weighted by molar-refractivity contribution is -0.146. The maximum Gasteiger partial charge on any atom is 0.320 e. The first kappa shape index (κ1) is 17.6. The van der Waals surface area contributed by atoms with Crippen LogP contribution in [0, 0.1) is 5.92 Å². The number of aliphatic hydroxyl groups is 1. The van der Waals surface area contributed by atoms with Crippen LogP contribution in [-0.2, 0) is 16.1 Å². The Bertz CT molecular complexity index is 651. The monoisotopic (exact) mass is 339 g/mol. The predicted octanol–water partition coefficient (Wildman–Crippen LogP) is 3.18. The zero-order valence-electron chi connectivity index (χ0n) is 14.4. The lowest BCUT2D eigenvalue weighted by Gasteiger charge is -2.33. The molecule has 2 aromatic rings. The molecular weight excluding hydrogens is 314 g/mol. The van der Waals surface area contributed by atoms with E-state index in [2.05, 4.69) is 4.90 Å². The van der Waals surface area contributed by atoms with Crippen LogP contribution in [0.3, 0.4) is 0 Å². The quantitative estimate of drug-likeness (QED) is 0.821. The molecule has 4 nitrogen and oxygen atoms in total. The van der Waals surface area contributed by atoms with Crippen molar-refractivity contribution in [2.24, 2.45) is 5.92 Å². The molecule has 0 spiro atoms. The molecule has 1 atom stereocenters. The van der Waals surface area contributed by atoms with Crippen LogP contribution in [-0.4, -0.2) is 35.6 Å². The van der Waals surface area contributed by atoms with E-state index in [1.54, 1.807) is 0 Å². The lowest BCUT2D eigenvalue weighted by Crippen LogP contribution is -2.39. The highest BCUT2D eigenvalue weighted by atomic mass is 16.5. The van der Waals surface area contributed by atoms with E-state index in [-0.39, 0.29) is 11.9 Å². The fraction of sp³-hybridized carbons (Fsp3) is 0.381. The van der Waals surface area contributed by atoms with Crippen LogP contribution < -0.4 is 0 Å². The average molecular weight is 339 g/mol. The number of likely N-dealkylation sites (tertiary alicyclic amines) is 1. The summed E-state index contributed by atoms with van der Waals surface area (Å²) in [4.78, 5) is 14.1. The van der Waals surface area contributed by atoms with E-state index >= 15 is 0 Å². The molecule has 132 valence electrons. The van der Waals surface area contributed by atoms with Crippen molar-refractivity contribution in [3.05, 3.63) is 71.8 Å². The van der Waals surface area contributed by atoms with Gasteiger partial charge in [0, 0.05) is 0 Å². The van der Waals surface area contributed by atoms with E-state index in [0.29, 0.717) is 13.2 Å². The summed E-state index contributed by atoms with van der Waals surface area (Å²) in [5, 5.41) is 10.5. The first-order valence-corrected chi connectivity index (χ1v) is 8.87. The highest BCUT2D eigenvalue weighted by molar-refractivity contribution is 5.71. The number of hydrogen-bond acceptors (Lipinski definition) is 4. The van der Waals surface area contributed by atoms with E-state index in [1.165, 1.54) is 0 Å². The van der Waals surface area contributed by atoms with Crippen molar-refractivity contribution in [2.45, 2.75) is 25.6 Å². The van der Waals surface area contributed by atoms with Crippen LogP contribution in [0.5, 0.6) is 0 Å². The van der Waals surface area contributed by atoms with Crippen molar-refractivity contribution >= 4 is 5.97 Å². The molecule has 0 aromatic heterocycles. The molecule has 1 fully saturated rings. The van der Waals surface area contributed by atoms with Crippen molar-refractivity contribution in [2.75, 3.05) is 19.6 Å². The molecule has 2 aromatic carbocycles. The van der Waals surface area contributed by atoms with Gasteiger partial charge in [0.2, 0.25) is 0 Å². The second-order valence-corrected chi connectivity index (χ2v) is 6.62. The van der Waals surface area contributed by atoms with Gasteiger partial charge in [-0.2, -0.15) is 0 Å². The fourth-order valence-corrected chi connectivity index (χ4v) is 3.32. The zero-order chi connectivity index (χ0) is 17.5. The Morgan fingerprint density at radius 1 is 1.04 bits per heavy atom. The Balaban J connectivity index is 1.41. The SMILES string of the molecule is O=C(CN1CCC(C(O)c2ccccc2)CC1)OCc1ccccc1. The molecule has 0 saturated carbocycles. The molecule has 25 heavy (non-hydrogen) atoms. The van der Waals surface area contributed by atoms with E-state index in [1.807, 2.05) is 60.7 Å². The number of esters is 1. The molecule has 0 bridgehead atoms. The zero-order valence-corrected chi connectivity index (χ0v) is 14.4. The van der Waals surface area contributed by atoms with Crippen LogP contribution in [0.1, 0.15) is 30.1 Å². The maximum atomic E-state index is 12.0. The van der Waals surface area contributed by atoms with Crippen molar-refractivity contribution < 1.29 is 14.6 Å². The summed E-state index contributed by atoms with van der Waals surface area (Å²) in [7, 11) is 0. The Morgan fingerprint density at radius 3 is 2.28 bits per heavy atom. The largest absolute Gasteiger partial charge is 0.460 e. The number of hydrogen-bond donors (Lipinski definition) is 1. The maximum absolute atomic E-state index is 12.0. The molecule has 0 aliphatic carbocycles. The summed E-state index contributed by atoms with van der Waals surface area (Å²) < 4.78 is 5.34. The van der Waals surface area contributed by atoms with E-state index in [9.17, 15) is 9.90 Å². The molecule has 3 rings (SSSR count). The van der Waals surface area contributed by atoms with Gasteiger partial charge in [-0.05, 0) is 43.0 Å². The number of nitrogens with zero attached hydrogens (tertiary/aromatic N) is 1. The van der Waals surface area contributed by atoms with Gasteiger partial charge in [-0.25, -0.2) is 0 Å². The van der Waals surface area contributed by atoms with Crippen LogP contribution in [0.2, 0.25) is 0 Å². The third-order valence-electron chi connectivity index (χ3n) is 4.82. The second kappa shape index (κ2) is 8.79. The summed E-state index contributed by atoms with van der Waals surface area (Å²) >= 11 is 0. The minimum atomic E-state index is -0.423. The molecule has 0 radical (unpaired) electrons. The number of piperidine rings is 1. The van der Waals surface area contributed by atoms with Gasteiger partial charge in [0.05, 0.1) is 12.6 Å². The smallest absolute Gasteiger partial charge is 0.320 e. The number of aliphatic hydroxyl groups excluding tert-OH is 1. The van der Waals surface area contributed by atoms with Gasteiger partial charge in [-0.15, -0.1) is 0 Å². The van der Waals surface area contributed by atoms with Crippen molar-refractivity contribution in [3.8, 4) is 0 Å². The number of carbonyl (C=O) groups is 1. The standard InChI is InChI=1S/C21H25NO3/c23-20(25-16-17-7-3-1-4-8-17)15-22-13-11-19(12-14-22)21(24)18-9-5-2-6-10-18/h1-10,19,21,24H,11-16H2. The van der Waals surface area contributed by atoms with Crippen molar-refractivity contribution in [1.29, 1.82) is 0 Å². The van der Waals surface area contributed by atoms with E-state index in [4.69, 9.17) is 4.74 Å². The van der Waals surface area contributed by atoms with Crippen LogP contribution in [0.4, 0.5) is 0 Å². The van der Waals surface area contributed by atoms with Crippen molar-refractivity contribution in [1.82, 2.24) is 4.90 Å². The molecule has 1 aliphatic rings. The minimum absolute atomic E-state index is 0.189. The Hall–Kier alpha value is -2.17. The number of rotatable bonds is 6. The first-order valence-electron chi connectivity index (χ1n) is 8.87. The molecule has 1 heterocycles. The molecule has 1 saturated heterocycles. The van der Waals surface area contributed by atoms with Gasteiger partial charge >= 0.3 is 5.97 Å². The van der Waals surface area contributed by atoms with Gasteiger partial charge in [0.25, 0.3) is 0 Å². The minimum Gasteiger partial charge on any atom is -0.460 e. The topological polar surface area (TPSA) is 49.8 Å². The molecule has 1 aliphatic heterocycles. The first-order chi connectivity index (χ1) is 12.2. The summed E-state index contributed by atoms with van der Waals surface area (Å²) in [6.07, 6.45) is 1.36. The molecular formula is C21H25NO3. The molecule has 0 amide bonds. The second-order valence-electron chi connectivity index (χ2n) is 6.62. The Labute approximate surface area is 149 Å². The van der Waals surface area contributed by atoms with Crippen LogP contribution in [0.15, 0.2) is 60.7 Å². The van der Waals surface area contributed by atoms with Gasteiger partial charge in [0.1, 0.15) is 6.61 Å². The Morgan fingerprint density at radius 2 is 1.64 bits per heavy atom. The summed E-state index contributed by atoms with van der Waals surface area (Å²) in [5.41, 5.74) is 1.98. The number of ether oxygens (including phenoxy) is 1. The summed E-state index contributed by atoms with van der Waals surface area (Å²) in [6.45, 7) is 2.27. The lowest BCUT2D eigenvalue weighted by atomic mass is 9.87. The van der Waals surface area contributed by atoms with Crippen molar-refractivity contribution in [3.63, 3.8) is 0 Å². The van der Waals surface area contributed by atoms with Gasteiger partial charge in [0.15, 0.2) is 0 Å². The molecule has 4 heteroatoms. The molecule has 1 N–H and O–H groups in total. The average Bonchev–Trinajstić information content (AvgIpc) is 2.68. The van der Waals surface area contributed by atoms with Gasteiger partial charge in [-0.3, -0.25) is 9.69 Å². The third kappa shape index (κ3) is 5.15. The number of benzene rings is 2. The van der Waals surface area contributed by atoms with Crippen LogP contribution in [0.25, 0.3) is 0 Å². The highest BCUT2D eigenvalue weighted by Crippen LogP contribution is 2.30. The third-order valence-corrected chi connectivity index (χ3v) is 4.82.